The van der Waals surface area contributed by atoms with Crippen LogP contribution in [0.5, 0.6) is 0 Å². The van der Waals surface area contributed by atoms with Gasteiger partial charge in [-0.25, -0.2) is 10.7 Å². The highest BCUT2D eigenvalue weighted by molar-refractivity contribution is 5.75. The lowest BCUT2D eigenvalue weighted by atomic mass is 10.1. The molecule has 0 aromatic heterocycles. The number of hydrogen-bond acceptors (Lipinski definition) is 4. The second-order valence-electron chi connectivity index (χ2n) is 4.79. The molecule has 0 unspecified atom stereocenters. The van der Waals surface area contributed by atoms with E-state index in [0.29, 0.717) is 12.3 Å². The molecule has 0 aromatic rings. The fourth-order valence-corrected chi connectivity index (χ4v) is 1.00. The highest BCUT2D eigenvalue weighted by Gasteiger charge is 2.26. The largest absolute Gasteiger partial charge is 0.458 e. The lowest BCUT2D eigenvalue weighted by Gasteiger charge is -2.23. The summed E-state index contributed by atoms with van der Waals surface area (Å²) in [6, 6.07) is 0. The topological polar surface area (TPSA) is 61.5 Å². The number of carbonyl (C=O) groups is 1. The molecule has 0 radical (unpaired) electrons. The van der Waals surface area contributed by atoms with Gasteiger partial charge in [-0.05, 0) is 33.1 Å². The van der Waals surface area contributed by atoms with Crippen LogP contribution in [0.25, 0.3) is 0 Å². The minimum atomic E-state index is -0.658. The maximum absolute atomic E-state index is 11.5. The average Bonchev–Trinajstić information content (AvgIpc) is 1.96. The smallest absolute Gasteiger partial charge is 0.337 e. The first-order valence-corrected chi connectivity index (χ1v) is 4.84. The first kappa shape index (κ1) is 13.4. The van der Waals surface area contributed by atoms with Gasteiger partial charge in [0.2, 0.25) is 0 Å². The molecule has 4 heteroatoms. The standard InChI is InChI=1S/C10H21NO3/c1-7(2)6-8(14-11)9(12)13-10(3,4)5/h7-8H,6,11H2,1-5H3/t8-/m0/s1. The highest BCUT2D eigenvalue weighted by atomic mass is 16.7. The molecule has 4 nitrogen and oxygen atoms in total. The summed E-state index contributed by atoms with van der Waals surface area (Å²) in [5, 5.41) is 0. The third kappa shape index (κ3) is 5.94. The Bertz CT molecular complexity index is 184. The van der Waals surface area contributed by atoms with Gasteiger partial charge in [-0.1, -0.05) is 13.8 Å². The van der Waals surface area contributed by atoms with E-state index in [9.17, 15) is 4.79 Å². The van der Waals surface area contributed by atoms with E-state index in [2.05, 4.69) is 4.84 Å². The van der Waals surface area contributed by atoms with Gasteiger partial charge in [-0.3, -0.25) is 4.84 Å². The van der Waals surface area contributed by atoms with E-state index in [1.165, 1.54) is 0 Å². The molecule has 14 heavy (non-hydrogen) atoms. The molecule has 0 saturated carbocycles. The molecule has 0 fully saturated rings. The number of carbonyl (C=O) groups excluding carboxylic acids is 1. The molecule has 0 aromatic carbocycles. The number of hydrogen-bond donors (Lipinski definition) is 1. The van der Waals surface area contributed by atoms with Crippen molar-refractivity contribution >= 4 is 5.97 Å². The van der Waals surface area contributed by atoms with Crippen LogP contribution in [0.3, 0.4) is 0 Å². The predicted molar refractivity (Wildman–Crippen MR) is 54.4 cm³/mol. The minimum absolute atomic E-state index is 0.344. The fourth-order valence-electron chi connectivity index (χ4n) is 1.00. The molecule has 0 aliphatic rings. The number of ether oxygens (including phenoxy) is 1. The molecule has 0 amide bonds. The van der Waals surface area contributed by atoms with E-state index < -0.39 is 17.7 Å². The average molecular weight is 203 g/mol. The molecule has 0 spiro atoms. The lowest BCUT2D eigenvalue weighted by Crippen LogP contribution is -2.35. The minimum Gasteiger partial charge on any atom is -0.458 e. The Kier molecular flexibility index (Phi) is 5.08. The second-order valence-corrected chi connectivity index (χ2v) is 4.79. The van der Waals surface area contributed by atoms with Crippen LogP contribution < -0.4 is 5.90 Å². The maximum Gasteiger partial charge on any atom is 0.337 e. The van der Waals surface area contributed by atoms with Gasteiger partial charge < -0.3 is 4.74 Å². The summed E-state index contributed by atoms with van der Waals surface area (Å²) in [6.07, 6.45) is -0.0833. The van der Waals surface area contributed by atoms with E-state index in [4.69, 9.17) is 10.6 Å². The highest BCUT2D eigenvalue weighted by Crippen LogP contribution is 2.13. The Morgan fingerprint density at radius 1 is 1.36 bits per heavy atom. The van der Waals surface area contributed by atoms with Crippen LogP contribution in [0, 0.1) is 5.92 Å². The van der Waals surface area contributed by atoms with Gasteiger partial charge in [0.1, 0.15) is 5.60 Å². The molecule has 0 rings (SSSR count). The SMILES string of the molecule is CC(C)C[C@H](ON)C(=O)OC(C)(C)C. The molecular formula is C10H21NO3. The van der Waals surface area contributed by atoms with Gasteiger partial charge >= 0.3 is 5.97 Å². The Hall–Kier alpha value is -0.610. The summed E-state index contributed by atoms with van der Waals surface area (Å²) >= 11 is 0. The number of nitrogens with two attached hydrogens (primary N) is 1. The van der Waals surface area contributed by atoms with Crippen molar-refractivity contribution in [1.29, 1.82) is 0 Å². The lowest BCUT2D eigenvalue weighted by molar-refractivity contribution is -0.170. The van der Waals surface area contributed by atoms with Crippen molar-refractivity contribution in [2.24, 2.45) is 11.8 Å². The summed E-state index contributed by atoms with van der Waals surface area (Å²) in [5.41, 5.74) is -0.495. The summed E-state index contributed by atoms with van der Waals surface area (Å²) < 4.78 is 5.15. The van der Waals surface area contributed by atoms with Gasteiger partial charge in [0.05, 0.1) is 0 Å². The zero-order valence-electron chi connectivity index (χ0n) is 9.66. The summed E-state index contributed by atoms with van der Waals surface area (Å²) in [4.78, 5) is 16.1. The van der Waals surface area contributed by atoms with Crippen molar-refractivity contribution in [3.8, 4) is 0 Å². The summed E-state index contributed by atoms with van der Waals surface area (Å²) in [7, 11) is 0. The van der Waals surface area contributed by atoms with E-state index >= 15 is 0 Å². The monoisotopic (exact) mass is 203 g/mol. The van der Waals surface area contributed by atoms with E-state index in [1.54, 1.807) is 0 Å². The molecule has 0 saturated heterocycles. The zero-order valence-corrected chi connectivity index (χ0v) is 9.66. The van der Waals surface area contributed by atoms with E-state index in [0.717, 1.165) is 0 Å². The number of rotatable bonds is 4. The van der Waals surface area contributed by atoms with Crippen molar-refractivity contribution in [2.75, 3.05) is 0 Å². The van der Waals surface area contributed by atoms with Gasteiger partial charge in [-0.2, -0.15) is 0 Å². The van der Waals surface area contributed by atoms with Crippen molar-refractivity contribution in [2.45, 2.75) is 52.7 Å². The fraction of sp³-hybridized carbons (Fsp3) is 0.900. The van der Waals surface area contributed by atoms with E-state index in [-0.39, 0.29) is 0 Å². The Morgan fingerprint density at radius 2 is 1.86 bits per heavy atom. The van der Waals surface area contributed by atoms with Crippen LogP contribution in [0.2, 0.25) is 0 Å². The van der Waals surface area contributed by atoms with Crippen LogP contribution in [0.4, 0.5) is 0 Å². The number of esters is 1. The van der Waals surface area contributed by atoms with Crippen LogP contribution in [-0.4, -0.2) is 17.7 Å². The molecule has 0 aliphatic heterocycles. The Balaban J connectivity index is 4.18. The van der Waals surface area contributed by atoms with Crippen molar-refractivity contribution in [3.63, 3.8) is 0 Å². The third-order valence-electron chi connectivity index (χ3n) is 1.52. The second kappa shape index (κ2) is 5.32. The normalized spacial score (nSPS) is 14.2. The molecular weight excluding hydrogens is 182 g/mol. The first-order chi connectivity index (χ1) is 6.26. The van der Waals surface area contributed by atoms with Crippen molar-refractivity contribution in [1.82, 2.24) is 0 Å². The quantitative estimate of drug-likeness (QED) is 0.557. The predicted octanol–water partition coefficient (Wildman–Crippen LogP) is 1.63. The molecule has 1 atom stereocenters. The van der Waals surface area contributed by atoms with Crippen LogP contribution >= 0.6 is 0 Å². The summed E-state index contributed by atoms with van der Waals surface area (Å²) in [6.45, 7) is 9.43. The van der Waals surface area contributed by atoms with Gasteiger partial charge in [0.15, 0.2) is 6.10 Å². The van der Waals surface area contributed by atoms with Crippen LogP contribution in [0.15, 0.2) is 0 Å². The molecule has 2 N–H and O–H groups in total. The third-order valence-corrected chi connectivity index (χ3v) is 1.52. The van der Waals surface area contributed by atoms with Crippen molar-refractivity contribution in [3.05, 3.63) is 0 Å². The van der Waals surface area contributed by atoms with Gasteiger partial charge in [0.25, 0.3) is 0 Å². The molecule has 0 aliphatic carbocycles. The maximum atomic E-state index is 11.5. The van der Waals surface area contributed by atoms with E-state index in [1.807, 2.05) is 34.6 Å². The zero-order chi connectivity index (χ0) is 11.4. The molecule has 0 heterocycles. The Labute approximate surface area is 85.7 Å². The molecule has 0 bridgehead atoms. The molecule has 84 valence electrons. The van der Waals surface area contributed by atoms with Crippen molar-refractivity contribution < 1.29 is 14.4 Å². The first-order valence-electron chi connectivity index (χ1n) is 4.84. The van der Waals surface area contributed by atoms with Crippen LogP contribution in [0.1, 0.15) is 41.0 Å². The summed E-state index contributed by atoms with van der Waals surface area (Å²) in [5.74, 6) is 4.99. The van der Waals surface area contributed by atoms with Gasteiger partial charge in [-0.15, -0.1) is 0 Å². The van der Waals surface area contributed by atoms with Gasteiger partial charge in [0, 0.05) is 0 Å². The van der Waals surface area contributed by atoms with Crippen LogP contribution in [-0.2, 0) is 14.4 Å². The Morgan fingerprint density at radius 3 is 2.14 bits per heavy atom.